The van der Waals surface area contributed by atoms with Crippen LogP contribution in [0.3, 0.4) is 0 Å². The second-order valence-electron chi connectivity index (χ2n) is 8.07. The smallest absolute Gasteiger partial charge is 0.321 e. The lowest BCUT2D eigenvalue weighted by molar-refractivity contribution is -0.116. The van der Waals surface area contributed by atoms with E-state index in [4.69, 9.17) is 4.74 Å². The summed E-state index contributed by atoms with van der Waals surface area (Å²) in [5.41, 5.74) is 2.76. The minimum atomic E-state index is -0.226. The molecule has 174 valence electrons. The van der Waals surface area contributed by atoms with Crippen LogP contribution in [-0.4, -0.2) is 68.7 Å². The number of carbonyl (C=O) groups is 3. The van der Waals surface area contributed by atoms with Gasteiger partial charge in [0.15, 0.2) is 0 Å². The van der Waals surface area contributed by atoms with Crippen LogP contribution in [0.2, 0.25) is 0 Å². The minimum Gasteiger partial charge on any atom is -0.379 e. The number of nitrogens with zero attached hydrogens (tertiary/aromatic N) is 2. The van der Waals surface area contributed by atoms with Gasteiger partial charge in [0, 0.05) is 62.6 Å². The summed E-state index contributed by atoms with van der Waals surface area (Å²) in [4.78, 5) is 40.7. The maximum atomic E-state index is 12.7. The van der Waals surface area contributed by atoms with Crippen LogP contribution >= 0.6 is 0 Å². The largest absolute Gasteiger partial charge is 0.379 e. The van der Waals surface area contributed by atoms with E-state index in [1.54, 1.807) is 23.1 Å². The summed E-state index contributed by atoms with van der Waals surface area (Å²) < 4.78 is 5.33. The fourth-order valence-corrected chi connectivity index (χ4v) is 3.88. The normalized spacial score (nSPS) is 16.4. The molecule has 9 nitrogen and oxygen atoms in total. The van der Waals surface area contributed by atoms with E-state index < -0.39 is 0 Å². The first-order valence-electron chi connectivity index (χ1n) is 11.2. The van der Waals surface area contributed by atoms with Gasteiger partial charge in [0.25, 0.3) is 5.91 Å². The molecule has 2 aliphatic heterocycles. The Bertz CT molecular complexity index is 1010. The zero-order chi connectivity index (χ0) is 23.0. The number of ether oxygens (including phenoxy) is 1. The van der Waals surface area contributed by atoms with Crippen molar-refractivity contribution in [1.82, 2.24) is 15.5 Å². The van der Waals surface area contributed by atoms with Crippen molar-refractivity contribution in [3.05, 3.63) is 59.7 Å². The molecule has 2 aliphatic rings. The Hall–Kier alpha value is -3.43. The Kier molecular flexibility index (Phi) is 7.54. The number of rotatable bonds is 8. The van der Waals surface area contributed by atoms with Crippen molar-refractivity contribution >= 4 is 29.2 Å². The van der Waals surface area contributed by atoms with Crippen LogP contribution in [0.15, 0.2) is 48.5 Å². The molecule has 0 aliphatic carbocycles. The monoisotopic (exact) mass is 451 g/mol. The molecule has 4 amide bonds. The molecule has 0 bridgehead atoms. The van der Waals surface area contributed by atoms with Crippen molar-refractivity contribution in [2.75, 3.05) is 56.2 Å². The maximum absolute atomic E-state index is 12.7. The van der Waals surface area contributed by atoms with Crippen LogP contribution < -0.4 is 20.9 Å². The molecule has 2 aromatic rings. The Morgan fingerprint density at radius 2 is 1.85 bits per heavy atom. The molecule has 0 saturated carbocycles. The molecule has 0 unspecified atom stereocenters. The summed E-state index contributed by atoms with van der Waals surface area (Å²) in [5.74, 6) is -0.262. The van der Waals surface area contributed by atoms with E-state index >= 15 is 0 Å². The lowest BCUT2D eigenvalue weighted by Gasteiger charge is -2.26. The van der Waals surface area contributed by atoms with Crippen molar-refractivity contribution < 1.29 is 19.1 Å². The van der Waals surface area contributed by atoms with E-state index in [-0.39, 0.29) is 17.8 Å². The summed E-state index contributed by atoms with van der Waals surface area (Å²) >= 11 is 0. The predicted octanol–water partition coefficient (Wildman–Crippen LogP) is 1.81. The van der Waals surface area contributed by atoms with Crippen molar-refractivity contribution in [1.29, 1.82) is 0 Å². The second-order valence-corrected chi connectivity index (χ2v) is 8.07. The van der Waals surface area contributed by atoms with E-state index in [0.29, 0.717) is 62.8 Å². The van der Waals surface area contributed by atoms with Crippen LogP contribution in [-0.2, 0) is 16.1 Å². The number of benzene rings is 2. The molecule has 0 spiro atoms. The highest BCUT2D eigenvalue weighted by Gasteiger charge is 2.21. The molecule has 0 atom stereocenters. The number of amides is 4. The summed E-state index contributed by atoms with van der Waals surface area (Å²) in [6, 6.07) is 14.3. The highest BCUT2D eigenvalue weighted by atomic mass is 16.5. The second kappa shape index (κ2) is 10.9. The minimum absolute atomic E-state index is 0.0366. The van der Waals surface area contributed by atoms with Crippen molar-refractivity contribution in [3.8, 4) is 0 Å². The molecule has 2 saturated heterocycles. The Morgan fingerprint density at radius 3 is 2.64 bits per heavy atom. The van der Waals surface area contributed by atoms with E-state index in [1.807, 2.05) is 30.3 Å². The van der Waals surface area contributed by atoms with Gasteiger partial charge in [-0.1, -0.05) is 18.2 Å². The first-order valence-corrected chi connectivity index (χ1v) is 11.2. The summed E-state index contributed by atoms with van der Waals surface area (Å²) in [5, 5.41) is 8.59. The molecule has 0 radical (unpaired) electrons. The lowest BCUT2D eigenvalue weighted by atomic mass is 10.1. The van der Waals surface area contributed by atoms with Crippen LogP contribution in [0.5, 0.6) is 0 Å². The van der Waals surface area contributed by atoms with Gasteiger partial charge in [-0.2, -0.15) is 0 Å². The summed E-state index contributed by atoms with van der Waals surface area (Å²) in [6.45, 7) is 5.35. The third-order valence-corrected chi connectivity index (χ3v) is 5.70. The number of anilines is 2. The zero-order valence-electron chi connectivity index (χ0n) is 18.5. The van der Waals surface area contributed by atoms with Crippen LogP contribution in [0.25, 0.3) is 0 Å². The van der Waals surface area contributed by atoms with Crippen molar-refractivity contribution in [2.24, 2.45) is 0 Å². The molecule has 2 fully saturated rings. The van der Waals surface area contributed by atoms with Gasteiger partial charge in [-0.05, 0) is 35.9 Å². The van der Waals surface area contributed by atoms with E-state index in [2.05, 4.69) is 20.9 Å². The van der Waals surface area contributed by atoms with Gasteiger partial charge in [0.05, 0.1) is 13.2 Å². The molecule has 4 rings (SSSR count). The van der Waals surface area contributed by atoms with Gasteiger partial charge in [-0.3, -0.25) is 19.4 Å². The molecule has 0 aromatic heterocycles. The standard InChI is InChI=1S/C24H29N5O4/c30-22(7-9-28-11-13-33-14-12-28)27-20-5-1-3-18(15-20)17-26-23(31)19-4-2-6-21(16-19)29-10-8-25-24(29)32/h1-6,15-16H,7-14,17H2,(H,25,32)(H,26,31)(H,27,30). The van der Waals surface area contributed by atoms with Gasteiger partial charge in [-0.25, -0.2) is 4.79 Å². The molecular formula is C24H29N5O4. The molecule has 33 heavy (non-hydrogen) atoms. The first kappa shape index (κ1) is 22.8. The van der Waals surface area contributed by atoms with Crippen molar-refractivity contribution in [2.45, 2.75) is 13.0 Å². The first-order chi connectivity index (χ1) is 16.1. The third-order valence-electron chi connectivity index (χ3n) is 5.70. The number of morpholine rings is 1. The highest BCUT2D eigenvalue weighted by Crippen LogP contribution is 2.18. The predicted molar refractivity (Wildman–Crippen MR) is 125 cm³/mol. The van der Waals surface area contributed by atoms with Crippen LogP contribution in [0.1, 0.15) is 22.3 Å². The quantitative estimate of drug-likeness (QED) is 0.568. The van der Waals surface area contributed by atoms with Gasteiger partial charge in [-0.15, -0.1) is 0 Å². The number of urea groups is 1. The molecule has 2 heterocycles. The third kappa shape index (κ3) is 6.30. The van der Waals surface area contributed by atoms with E-state index in [0.717, 1.165) is 18.7 Å². The number of hydrogen-bond donors (Lipinski definition) is 3. The molecular weight excluding hydrogens is 422 g/mol. The van der Waals surface area contributed by atoms with E-state index in [9.17, 15) is 14.4 Å². The van der Waals surface area contributed by atoms with E-state index in [1.165, 1.54) is 0 Å². The van der Waals surface area contributed by atoms with Crippen LogP contribution in [0.4, 0.5) is 16.2 Å². The summed E-state index contributed by atoms with van der Waals surface area (Å²) in [6.07, 6.45) is 0.423. The van der Waals surface area contributed by atoms with Gasteiger partial charge >= 0.3 is 6.03 Å². The maximum Gasteiger partial charge on any atom is 0.321 e. The lowest BCUT2D eigenvalue weighted by Crippen LogP contribution is -2.38. The summed E-state index contributed by atoms with van der Waals surface area (Å²) in [7, 11) is 0. The van der Waals surface area contributed by atoms with Gasteiger partial charge in [0.1, 0.15) is 0 Å². The average molecular weight is 452 g/mol. The molecule has 9 heteroatoms. The zero-order valence-corrected chi connectivity index (χ0v) is 18.5. The number of nitrogens with one attached hydrogen (secondary N) is 3. The fourth-order valence-electron chi connectivity index (χ4n) is 3.88. The van der Waals surface area contributed by atoms with Gasteiger partial charge < -0.3 is 20.7 Å². The number of carbonyl (C=O) groups excluding carboxylic acids is 3. The number of hydrogen-bond acceptors (Lipinski definition) is 5. The SMILES string of the molecule is O=C(CCN1CCOCC1)Nc1cccc(CNC(=O)c2cccc(N3CCNC3=O)c2)c1. The Morgan fingerprint density at radius 1 is 1.03 bits per heavy atom. The van der Waals surface area contributed by atoms with Crippen molar-refractivity contribution in [3.63, 3.8) is 0 Å². The highest BCUT2D eigenvalue weighted by molar-refractivity contribution is 5.98. The van der Waals surface area contributed by atoms with Gasteiger partial charge in [0.2, 0.25) is 5.91 Å². The Balaban J connectivity index is 1.28. The Labute approximate surface area is 193 Å². The van der Waals surface area contributed by atoms with Crippen LogP contribution in [0, 0.1) is 0 Å². The molecule has 3 N–H and O–H groups in total. The topological polar surface area (TPSA) is 103 Å². The fraction of sp³-hybridized carbons (Fsp3) is 0.375. The average Bonchev–Trinajstić information content (AvgIpc) is 3.28. The molecule has 2 aromatic carbocycles.